The summed E-state index contributed by atoms with van der Waals surface area (Å²) in [7, 11) is 0. The summed E-state index contributed by atoms with van der Waals surface area (Å²) in [5, 5.41) is 2.05. The van der Waals surface area contributed by atoms with Crippen LogP contribution in [0.5, 0.6) is 0 Å². The highest BCUT2D eigenvalue weighted by Crippen LogP contribution is 2.46. The molecule has 0 aromatic carbocycles. The van der Waals surface area contributed by atoms with Crippen LogP contribution in [0.15, 0.2) is 21.7 Å². The number of hydrogen-bond donors (Lipinski definition) is 1. The minimum absolute atomic E-state index is 0.0199. The Morgan fingerprint density at radius 1 is 1.42 bits per heavy atom. The van der Waals surface area contributed by atoms with Crippen LogP contribution < -0.4 is 5.32 Å². The molecule has 0 aromatic heterocycles. The first-order valence-electron chi connectivity index (χ1n) is 6.59. The number of alkyl halides is 3. The number of halogens is 4. The molecule has 132 valence electrons. The number of carbonyl (C=O) groups excluding carboxylic acids is 3. The van der Waals surface area contributed by atoms with Gasteiger partial charge in [-0.05, 0) is 12.5 Å². The molecular weight excluding hydrogens is 422 g/mol. The van der Waals surface area contributed by atoms with E-state index < -0.39 is 33.7 Å². The maximum absolute atomic E-state index is 12.4. The van der Waals surface area contributed by atoms with Crippen molar-refractivity contribution in [2.24, 2.45) is 0 Å². The molecule has 6 nitrogen and oxygen atoms in total. The maximum atomic E-state index is 12.4. The normalized spacial score (nSPS) is 25.3. The lowest BCUT2D eigenvalue weighted by atomic mass is 10.0. The standard InChI is InChI=1S/C13H12Cl4N2O4S/c1-5-7(3-14)24-11-8(18-6(2)20)10(21)19(11)9(5)12(22)23-4-13(15,16)17/h3,8,11H,4H2,1-2H3,(H,18,20)/b7-3-. The second-order valence-electron chi connectivity index (χ2n) is 5.03. The third-order valence-corrected chi connectivity index (χ3v) is 5.35. The molecule has 0 saturated carbocycles. The van der Waals surface area contributed by atoms with Gasteiger partial charge in [0.05, 0.1) is 0 Å². The van der Waals surface area contributed by atoms with E-state index in [1.807, 2.05) is 0 Å². The van der Waals surface area contributed by atoms with Crippen LogP contribution in [0.4, 0.5) is 0 Å². The molecule has 0 aromatic rings. The van der Waals surface area contributed by atoms with Gasteiger partial charge in [0.15, 0.2) is 0 Å². The molecule has 1 fully saturated rings. The Kier molecular flexibility index (Phi) is 6.03. The molecule has 2 unspecified atom stereocenters. The van der Waals surface area contributed by atoms with E-state index in [1.165, 1.54) is 29.1 Å². The van der Waals surface area contributed by atoms with Crippen LogP contribution in [0.1, 0.15) is 13.8 Å². The lowest BCUT2D eigenvalue weighted by Crippen LogP contribution is -2.70. The van der Waals surface area contributed by atoms with Gasteiger partial charge in [-0.1, -0.05) is 58.2 Å². The molecule has 2 aliphatic rings. The van der Waals surface area contributed by atoms with Gasteiger partial charge in [-0.15, -0.1) is 0 Å². The molecule has 0 spiro atoms. The Labute approximate surface area is 162 Å². The van der Waals surface area contributed by atoms with Gasteiger partial charge in [-0.25, -0.2) is 4.79 Å². The summed E-state index contributed by atoms with van der Waals surface area (Å²) >= 11 is 23.8. The topological polar surface area (TPSA) is 75.7 Å². The summed E-state index contributed by atoms with van der Waals surface area (Å²) < 4.78 is 3.20. The first-order chi connectivity index (χ1) is 11.1. The van der Waals surface area contributed by atoms with Gasteiger partial charge in [-0.3, -0.25) is 14.5 Å². The number of carbonyl (C=O) groups is 3. The molecule has 24 heavy (non-hydrogen) atoms. The molecule has 2 rings (SSSR count). The van der Waals surface area contributed by atoms with Crippen LogP contribution in [0.2, 0.25) is 0 Å². The average Bonchev–Trinajstić information content (AvgIpc) is 2.49. The number of esters is 1. The summed E-state index contributed by atoms with van der Waals surface area (Å²) in [6, 6.07) is -0.747. The summed E-state index contributed by atoms with van der Waals surface area (Å²) in [6.45, 7) is 2.46. The fraction of sp³-hybridized carbons (Fsp3) is 0.462. The van der Waals surface area contributed by atoms with Crippen molar-refractivity contribution in [3.63, 3.8) is 0 Å². The fourth-order valence-electron chi connectivity index (χ4n) is 2.26. The summed E-state index contributed by atoms with van der Waals surface area (Å²) in [6.07, 6.45) is 0. The summed E-state index contributed by atoms with van der Waals surface area (Å²) in [5.41, 5.74) is 1.79. The Hall–Kier alpha value is -0.600. The summed E-state index contributed by atoms with van der Waals surface area (Å²) in [5.74, 6) is -1.58. The number of ether oxygens (including phenoxy) is 1. The Balaban J connectivity index is 2.29. The van der Waals surface area contributed by atoms with Crippen molar-refractivity contribution in [3.8, 4) is 0 Å². The number of nitrogens with one attached hydrogen (secondary N) is 1. The lowest BCUT2D eigenvalue weighted by molar-refractivity contribution is -0.152. The molecular formula is C13H12Cl4N2O4S. The molecule has 0 radical (unpaired) electrons. The van der Waals surface area contributed by atoms with Crippen LogP contribution in [0.25, 0.3) is 0 Å². The first-order valence-corrected chi connectivity index (χ1v) is 9.04. The minimum atomic E-state index is -1.77. The van der Waals surface area contributed by atoms with E-state index in [4.69, 9.17) is 51.1 Å². The molecule has 2 amide bonds. The van der Waals surface area contributed by atoms with Gasteiger partial charge in [0.1, 0.15) is 23.7 Å². The van der Waals surface area contributed by atoms with E-state index in [-0.39, 0.29) is 11.6 Å². The number of fused-ring (bicyclic) bond motifs is 1. The number of β-lactam (4-membered cyclic amide) rings is 1. The predicted molar refractivity (Wildman–Crippen MR) is 93.7 cm³/mol. The van der Waals surface area contributed by atoms with E-state index in [0.29, 0.717) is 10.5 Å². The van der Waals surface area contributed by atoms with E-state index >= 15 is 0 Å². The van der Waals surface area contributed by atoms with Crippen molar-refractivity contribution in [3.05, 3.63) is 21.7 Å². The smallest absolute Gasteiger partial charge is 0.355 e. The zero-order valence-electron chi connectivity index (χ0n) is 12.4. The van der Waals surface area contributed by atoms with E-state index in [1.54, 1.807) is 6.92 Å². The zero-order valence-corrected chi connectivity index (χ0v) is 16.3. The van der Waals surface area contributed by atoms with Crippen LogP contribution in [-0.4, -0.2) is 44.5 Å². The van der Waals surface area contributed by atoms with Crippen LogP contribution in [0.3, 0.4) is 0 Å². The van der Waals surface area contributed by atoms with Gasteiger partial charge in [-0.2, -0.15) is 0 Å². The second-order valence-corrected chi connectivity index (χ2v) is 8.93. The van der Waals surface area contributed by atoms with Crippen molar-refractivity contribution in [1.29, 1.82) is 0 Å². The van der Waals surface area contributed by atoms with Crippen molar-refractivity contribution in [1.82, 2.24) is 10.2 Å². The highest BCUT2D eigenvalue weighted by molar-refractivity contribution is 8.04. The van der Waals surface area contributed by atoms with Gasteiger partial charge in [0.25, 0.3) is 5.91 Å². The first kappa shape index (κ1) is 19.7. The number of allylic oxidation sites excluding steroid dienone is 1. The van der Waals surface area contributed by atoms with Crippen molar-refractivity contribution < 1.29 is 19.1 Å². The summed E-state index contributed by atoms with van der Waals surface area (Å²) in [4.78, 5) is 37.7. The largest absolute Gasteiger partial charge is 0.456 e. The molecule has 2 atom stereocenters. The highest BCUT2D eigenvalue weighted by atomic mass is 35.6. The Morgan fingerprint density at radius 2 is 2.04 bits per heavy atom. The van der Waals surface area contributed by atoms with Gasteiger partial charge in [0.2, 0.25) is 9.70 Å². The van der Waals surface area contributed by atoms with E-state index in [2.05, 4.69) is 5.32 Å². The second kappa shape index (κ2) is 7.33. The molecule has 1 N–H and O–H groups in total. The number of rotatable bonds is 3. The Morgan fingerprint density at radius 3 is 2.54 bits per heavy atom. The van der Waals surface area contributed by atoms with Crippen LogP contribution >= 0.6 is 58.2 Å². The molecule has 0 bridgehead atoms. The maximum Gasteiger partial charge on any atom is 0.355 e. The molecule has 2 aliphatic heterocycles. The molecule has 1 saturated heterocycles. The third kappa shape index (κ3) is 3.96. The lowest BCUT2D eigenvalue weighted by Gasteiger charge is -2.49. The fourth-order valence-corrected chi connectivity index (χ4v) is 3.97. The molecule has 2 heterocycles. The minimum Gasteiger partial charge on any atom is -0.456 e. The highest BCUT2D eigenvalue weighted by Gasteiger charge is 2.55. The van der Waals surface area contributed by atoms with Gasteiger partial charge in [0, 0.05) is 17.4 Å². The number of hydrogen-bond acceptors (Lipinski definition) is 5. The zero-order chi connectivity index (χ0) is 18.2. The van der Waals surface area contributed by atoms with Crippen LogP contribution in [-0.2, 0) is 19.1 Å². The van der Waals surface area contributed by atoms with E-state index in [0.717, 1.165) is 0 Å². The quantitative estimate of drug-likeness (QED) is 0.420. The molecule has 0 aliphatic carbocycles. The predicted octanol–water partition coefficient (Wildman–Crippen LogP) is 2.67. The van der Waals surface area contributed by atoms with Crippen molar-refractivity contribution in [2.75, 3.05) is 6.61 Å². The number of amides is 2. The van der Waals surface area contributed by atoms with Crippen LogP contribution in [0, 0.1) is 0 Å². The SMILES string of the molecule is CC(=O)NC1C(=O)N2C(C(=O)OCC(Cl)(Cl)Cl)=C(C)/C(=C/Cl)SC12. The number of thioether (sulfide) groups is 1. The molecule has 11 heteroatoms. The van der Waals surface area contributed by atoms with E-state index in [9.17, 15) is 14.4 Å². The average molecular weight is 434 g/mol. The Bertz CT molecular complexity index is 659. The number of nitrogens with zero attached hydrogens (tertiary/aromatic N) is 1. The monoisotopic (exact) mass is 432 g/mol. The van der Waals surface area contributed by atoms with Crippen molar-refractivity contribution >= 4 is 75.9 Å². The van der Waals surface area contributed by atoms with Crippen molar-refractivity contribution in [2.45, 2.75) is 29.1 Å². The van der Waals surface area contributed by atoms with Gasteiger partial charge < -0.3 is 10.1 Å². The van der Waals surface area contributed by atoms with Gasteiger partial charge >= 0.3 is 5.97 Å². The third-order valence-electron chi connectivity index (χ3n) is 3.27.